The second kappa shape index (κ2) is 6.08. The largest absolute Gasteiger partial charge is 0.504 e. The third kappa shape index (κ3) is 2.96. The van der Waals surface area contributed by atoms with E-state index in [1.807, 2.05) is 17.7 Å². The highest BCUT2D eigenvalue weighted by Gasteiger charge is 2.17. The van der Waals surface area contributed by atoms with Gasteiger partial charge in [-0.2, -0.15) is 5.10 Å². The molecular formula is C16H23N3O2. The summed E-state index contributed by atoms with van der Waals surface area (Å²) in [5, 5.41) is 17.8. The minimum atomic E-state index is 0.109. The number of ether oxygens (including phenoxy) is 1. The molecular weight excluding hydrogens is 266 g/mol. The maximum absolute atomic E-state index is 9.84. The van der Waals surface area contributed by atoms with E-state index < -0.39 is 0 Å². The van der Waals surface area contributed by atoms with E-state index in [4.69, 9.17) is 4.74 Å². The van der Waals surface area contributed by atoms with Crippen LogP contribution in [0.25, 0.3) is 0 Å². The fourth-order valence-electron chi connectivity index (χ4n) is 2.75. The zero-order chi connectivity index (χ0) is 15.6. The predicted molar refractivity (Wildman–Crippen MR) is 84.1 cm³/mol. The molecule has 5 heteroatoms. The number of phenols is 1. The topological polar surface area (TPSA) is 59.3 Å². The van der Waals surface area contributed by atoms with Crippen LogP contribution in [0.5, 0.6) is 11.5 Å². The van der Waals surface area contributed by atoms with Gasteiger partial charge < -0.3 is 15.2 Å². The van der Waals surface area contributed by atoms with Crippen molar-refractivity contribution in [2.75, 3.05) is 12.4 Å². The molecule has 1 heterocycles. The summed E-state index contributed by atoms with van der Waals surface area (Å²) in [6.45, 7) is 9.16. The first-order chi connectivity index (χ1) is 9.97. The third-order valence-electron chi connectivity index (χ3n) is 3.73. The molecule has 1 aromatic carbocycles. The van der Waals surface area contributed by atoms with Crippen molar-refractivity contribution in [2.24, 2.45) is 0 Å². The maximum Gasteiger partial charge on any atom is 0.160 e. The number of aryl methyl sites for hydroxylation is 2. The molecule has 0 amide bonds. The molecule has 0 spiro atoms. The molecule has 0 bridgehead atoms. The van der Waals surface area contributed by atoms with Crippen LogP contribution in [0, 0.1) is 13.8 Å². The van der Waals surface area contributed by atoms with Crippen molar-refractivity contribution in [1.82, 2.24) is 9.78 Å². The molecule has 1 aromatic heterocycles. The molecule has 2 aromatic rings. The summed E-state index contributed by atoms with van der Waals surface area (Å²) in [6.07, 6.45) is 0. The molecule has 0 saturated heterocycles. The van der Waals surface area contributed by atoms with Gasteiger partial charge in [0.1, 0.15) is 0 Å². The van der Waals surface area contributed by atoms with Crippen molar-refractivity contribution in [3.63, 3.8) is 0 Å². The van der Waals surface area contributed by atoms with Crippen molar-refractivity contribution in [1.29, 1.82) is 0 Å². The number of hydrogen-bond donors (Lipinski definition) is 2. The normalized spacial score (nSPS) is 12.2. The molecule has 0 radical (unpaired) electrons. The first kappa shape index (κ1) is 15.2. The van der Waals surface area contributed by atoms with E-state index in [9.17, 15) is 5.11 Å². The standard InChI is InChI=1S/C16H23N3O2/c1-6-19-12(4)16(11(3)18-19)10(2)17-13-7-8-15(21-5)14(20)9-13/h7-10,17,20H,6H2,1-5H3. The molecule has 2 N–H and O–H groups in total. The van der Waals surface area contributed by atoms with Crippen molar-refractivity contribution in [2.45, 2.75) is 40.3 Å². The number of phenolic OH excluding ortho intramolecular Hbond substituents is 1. The van der Waals surface area contributed by atoms with Gasteiger partial charge >= 0.3 is 0 Å². The van der Waals surface area contributed by atoms with Crippen LogP contribution in [-0.2, 0) is 6.54 Å². The third-order valence-corrected chi connectivity index (χ3v) is 3.73. The molecule has 0 fully saturated rings. The van der Waals surface area contributed by atoms with Gasteiger partial charge in [0.05, 0.1) is 18.8 Å². The number of aromatic hydroxyl groups is 1. The highest BCUT2D eigenvalue weighted by Crippen LogP contribution is 2.31. The number of benzene rings is 1. The van der Waals surface area contributed by atoms with E-state index in [0.29, 0.717) is 5.75 Å². The van der Waals surface area contributed by atoms with E-state index in [1.165, 1.54) is 18.4 Å². The van der Waals surface area contributed by atoms with Gasteiger partial charge in [0.2, 0.25) is 0 Å². The number of rotatable bonds is 5. The SMILES string of the molecule is CCn1nc(C)c(C(C)Nc2ccc(OC)c(O)c2)c1C. The van der Waals surface area contributed by atoms with Crippen LogP contribution in [0.2, 0.25) is 0 Å². The summed E-state index contributed by atoms with van der Waals surface area (Å²) in [5.41, 5.74) is 4.26. The molecule has 1 unspecified atom stereocenters. The van der Waals surface area contributed by atoms with Crippen molar-refractivity contribution < 1.29 is 9.84 Å². The number of aromatic nitrogens is 2. The lowest BCUT2D eigenvalue weighted by atomic mass is 10.1. The van der Waals surface area contributed by atoms with Gasteiger partial charge in [0, 0.05) is 29.6 Å². The number of nitrogens with one attached hydrogen (secondary N) is 1. The van der Waals surface area contributed by atoms with E-state index in [1.54, 1.807) is 12.1 Å². The first-order valence-electron chi connectivity index (χ1n) is 7.15. The number of nitrogens with zero attached hydrogens (tertiary/aromatic N) is 2. The number of anilines is 1. The lowest BCUT2D eigenvalue weighted by molar-refractivity contribution is 0.373. The average Bonchev–Trinajstić information content (AvgIpc) is 2.73. The molecule has 1 atom stereocenters. The molecule has 21 heavy (non-hydrogen) atoms. The first-order valence-corrected chi connectivity index (χ1v) is 7.15. The zero-order valence-electron chi connectivity index (χ0n) is 13.3. The van der Waals surface area contributed by atoms with Crippen LogP contribution in [0.1, 0.15) is 36.8 Å². The summed E-state index contributed by atoms with van der Waals surface area (Å²) >= 11 is 0. The molecule has 5 nitrogen and oxygen atoms in total. The predicted octanol–water partition coefficient (Wildman–Crippen LogP) is 3.41. The van der Waals surface area contributed by atoms with Crippen LogP contribution in [-0.4, -0.2) is 22.0 Å². The number of methoxy groups -OCH3 is 1. The Morgan fingerprint density at radius 1 is 1.38 bits per heavy atom. The minimum absolute atomic E-state index is 0.109. The van der Waals surface area contributed by atoms with Crippen LogP contribution in [0.4, 0.5) is 5.69 Å². The second-order valence-corrected chi connectivity index (χ2v) is 5.15. The van der Waals surface area contributed by atoms with Crippen molar-refractivity contribution in [3.05, 3.63) is 35.2 Å². The van der Waals surface area contributed by atoms with Gasteiger partial charge in [0.15, 0.2) is 11.5 Å². The minimum Gasteiger partial charge on any atom is -0.504 e. The summed E-state index contributed by atoms with van der Waals surface area (Å²) < 4.78 is 7.06. The Kier molecular flexibility index (Phi) is 4.40. The molecule has 0 aliphatic rings. The summed E-state index contributed by atoms with van der Waals surface area (Å²) in [7, 11) is 1.54. The lowest BCUT2D eigenvalue weighted by Crippen LogP contribution is -2.09. The van der Waals surface area contributed by atoms with E-state index in [2.05, 4.69) is 31.2 Å². The van der Waals surface area contributed by atoms with Gasteiger partial charge in [-0.3, -0.25) is 4.68 Å². The molecule has 0 saturated carbocycles. The van der Waals surface area contributed by atoms with E-state index >= 15 is 0 Å². The van der Waals surface area contributed by atoms with Crippen LogP contribution in [0.15, 0.2) is 18.2 Å². The monoisotopic (exact) mass is 289 g/mol. The Labute approximate surface area is 125 Å². The van der Waals surface area contributed by atoms with Gasteiger partial charge in [-0.05, 0) is 39.8 Å². The Balaban J connectivity index is 2.24. The van der Waals surface area contributed by atoms with Crippen LogP contribution < -0.4 is 10.1 Å². The zero-order valence-corrected chi connectivity index (χ0v) is 13.3. The Morgan fingerprint density at radius 3 is 2.62 bits per heavy atom. The van der Waals surface area contributed by atoms with Gasteiger partial charge in [-0.1, -0.05) is 0 Å². The number of hydrogen-bond acceptors (Lipinski definition) is 4. The van der Waals surface area contributed by atoms with E-state index in [0.717, 1.165) is 17.9 Å². The Hall–Kier alpha value is -2.17. The fourth-order valence-corrected chi connectivity index (χ4v) is 2.75. The smallest absolute Gasteiger partial charge is 0.160 e. The molecule has 2 rings (SSSR count). The Morgan fingerprint density at radius 2 is 2.10 bits per heavy atom. The van der Waals surface area contributed by atoms with Crippen molar-refractivity contribution in [3.8, 4) is 11.5 Å². The van der Waals surface area contributed by atoms with E-state index in [-0.39, 0.29) is 11.8 Å². The highest BCUT2D eigenvalue weighted by molar-refractivity contribution is 5.55. The van der Waals surface area contributed by atoms with Gasteiger partial charge in [0.25, 0.3) is 0 Å². The van der Waals surface area contributed by atoms with Gasteiger partial charge in [-0.15, -0.1) is 0 Å². The van der Waals surface area contributed by atoms with Gasteiger partial charge in [-0.25, -0.2) is 0 Å². The summed E-state index contributed by atoms with van der Waals surface area (Å²) in [6, 6.07) is 5.42. The average molecular weight is 289 g/mol. The molecule has 0 aliphatic heterocycles. The Bertz CT molecular complexity index is 635. The highest BCUT2D eigenvalue weighted by atomic mass is 16.5. The lowest BCUT2D eigenvalue weighted by Gasteiger charge is -2.17. The molecule has 0 aliphatic carbocycles. The van der Waals surface area contributed by atoms with Crippen LogP contribution >= 0.6 is 0 Å². The quantitative estimate of drug-likeness (QED) is 0.885. The fraction of sp³-hybridized carbons (Fsp3) is 0.438. The van der Waals surface area contributed by atoms with Crippen molar-refractivity contribution >= 4 is 5.69 Å². The summed E-state index contributed by atoms with van der Waals surface area (Å²) in [5.74, 6) is 0.603. The molecule has 114 valence electrons. The van der Waals surface area contributed by atoms with Crippen LogP contribution in [0.3, 0.4) is 0 Å². The maximum atomic E-state index is 9.84. The second-order valence-electron chi connectivity index (χ2n) is 5.15. The summed E-state index contributed by atoms with van der Waals surface area (Å²) in [4.78, 5) is 0.